The molecule has 0 saturated carbocycles. The summed E-state index contributed by atoms with van der Waals surface area (Å²) in [5.41, 5.74) is 6.76. The van der Waals surface area contributed by atoms with Crippen LogP contribution in [0.25, 0.3) is 0 Å². The molecule has 0 aromatic heterocycles. The summed E-state index contributed by atoms with van der Waals surface area (Å²) < 4.78 is 6.66. The maximum atomic E-state index is 5.59. The Balaban J connectivity index is 2.68. The number of aryl methyl sites for hydroxylation is 1. The van der Waals surface area contributed by atoms with Crippen molar-refractivity contribution in [2.24, 2.45) is 0 Å². The minimum Gasteiger partial charge on any atom is -0.377 e. The molecule has 0 saturated heterocycles. The highest BCUT2D eigenvalue weighted by Gasteiger charge is 2.07. The van der Waals surface area contributed by atoms with Crippen molar-refractivity contribution in [2.75, 3.05) is 13.2 Å². The SMILES string of the molecule is C=C(C)COCCc1c(CI)ccc(C)c1C. The van der Waals surface area contributed by atoms with Crippen molar-refractivity contribution in [3.63, 3.8) is 0 Å². The van der Waals surface area contributed by atoms with Crippen LogP contribution in [0.2, 0.25) is 0 Å². The Morgan fingerprint density at radius 2 is 2.06 bits per heavy atom. The fourth-order valence-electron chi connectivity index (χ4n) is 1.82. The van der Waals surface area contributed by atoms with E-state index in [1.54, 1.807) is 0 Å². The molecule has 17 heavy (non-hydrogen) atoms. The van der Waals surface area contributed by atoms with Crippen molar-refractivity contribution in [1.82, 2.24) is 0 Å². The normalized spacial score (nSPS) is 10.6. The molecule has 0 aliphatic heterocycles. The van der Waals surface area contributed by atoms with E-state index in [0.717, 1.165) is 23.0 Å². The Bertz CT molecular complexity index is 396. The number of ether oxygens (including phenoxy) is 1. The molecule has 1 nitrogen and oxygen atoms in total. The van der Waals surface area contributed by atoms with Gasteiger partial charge >= 0.3 is 0 Å². The third-order valence-corrected chi connectivity index (χ3v) is 3.78. The third kappa shape index (κ3) is 4.43. The van der Waals surface area contributed by atoms with Gasteiger partial charge in [0.1, 0.15) is 0 Å². The van der Waals surface area contributed by atoms with Crippen molar-refractivity contribution < 1.29 is 4.74 Å². The zero-order valence-corrected chi connectivity index (χ0v) is 13.1. The summed E-state index contributed by atoms with van der Waals surface area (Å²) in [6, 6.07) is 4.45. The van der Waals surface area contributed by atoms with E-state index in [-0.39, 0.29) is 0 Å². The maximum Gasteiger partial charge on any atom is 0.0671 e. The van der Waals surface area contributed by atoms with Crippen LogP contribution in [0, 0.1) is 13.8 Å². The van der Waals surface area contributed by atoms with Gasteiger partial charge in [-0.25, -0.2) is 0 Å². The molecule has 0 unspecified atom stereocenters. The Morgan fingerprint density at radius 3 is 2.65 bits per heavy atom. The molecule has 0 aliphatic rings. The van der Waals surface area contributed by atoms with Crippen LogP contribution >= 0.6 is 22.6 Å². The van der Waals surface area contributed by atoms with Crippen molar-refractivity contribution in [3.05, 3.63) is 46.5 Å². The maximum absolute atomic E-state index is 5.59. The Labute approximate surface area is 118 Å². The second-order valence-corrected chi connectivity index (χ2v) is 5.30. The van der Waals surface area contributed by atoms with E-state index in [9.17, 15) is 0 Å². The molecule has 0 heterocycles. The monoisotopic (exact) mass is 344 g/mol. The van der Waals surface area contributed by atoms with Crippen molar-refractivity contribution in [3.8, 4) is 0 Å². The van der Waals surface area contributed by atoms with Crippen molar-refractivity contribution in [2.45, 2.75) is 31.6 Å². The van der Waals surface area contributed by atoms with E-state index in [0.29, 0.717) is 6.61 Å². The Kier molecular flexibility index (Phi) is 6.20. The molecule has 94 valence electrons. The van der Waals surface area contributed by atoms with Crippen LogP contribution in [0.5, 0.6) is 0 Å². The quantitative estimate of drug-likeness (QED) is 0.322. The summed E-state index contributed by atoms with van der Waals surface area (Å²) in [6.07, 6.45) is 0.999. The molecule has 0 amide bonds. The first-order valence-electron chi connectivity index (χ1n) is 5.92. The number of benzene rings is 1. The minimum absolute atomic E-state index is 0.671. The third-order valence-electron chi connectivity index (χ3n) is 2.96. The van der Waals surface area contributed by atoms with Gasteiger partial charge in [0.15, 0.2) is 0 Å². The van der Waals surface area contributed by atoms with Crippen LogP contribution in [-0.2, 0) is 15.6 Å². The summed E-state index contributed by atoms with van der Waals surface area (Å²) in [5.74, 6) is 0. The van der Waals surface area contributed by atoms with E-state index in [2.05, 4.69) is 55.2 Å². The predicted molar refractivity (Wildman–Crippen MR) is 83.0 cm³/mol. The summed E-state index contributed by atoms with van der Waals surface area (Å²) in [6.45, 7) is 11.7. The molecule has 2 heteroatoms. The van der Waals surface area contributed by atoms with Gasteiger partial charge in [0.05, 0.1) is 13.2 Å². The summed E-state index contributed by atoms with van der Waals surface area (Å²) in [7, 11) is 0. The lowest BCUT2D eigenvalue weighted by atomic mass is 9.96. The molecule has 0 N–H and O–H groups in total. The number of hydrogen-bond donors (Lipinski definition) is 0. The fraction of sp³-hybridized carbons (Fsp3) is 0.467. The summed E-state index contributed by atoms with van der Waals surface area (Å²) in [5, 5.41) is 0. The number of alkyl halides is 1. The fourth-order valence-corrected chi connectivity index (χ4v) is 2.54. The van der Waals surface area contributed by atoms with Crippen LogP contribution in [0.4, 0.5) is 0 Å². The van der Waals surface area contributed by atoms with Crippen molar-refractivity contribution >= 4 is 22.6 Å². The van der Waals surface area contributed by atoms with Gasteiger partial charge in [-0.2, -0.15) is 0 Å². The van der Waals surface area contributed by atoms with Crippen LogP contribution in [-0.4, -0.2) is 13.2 Å². The summed E-state index contributed by atoms with van der Waals surface area (Å²) in [4.78, 5) is 0. The van der Waals surface area contributed by atoms with Crippen molar-refractivity contribution in [1.29, 1.82) is 0 Å². The molecular weight excluding hydrogens is 323 g/mol. The topological polar surface area (TPSA) is 9.23 Å². The highest BCUT2D eigenvalue weighted by Crippen LogP contribution is 2.21. The average Bonchev–Trinajstić information content (AvgIpc) is 2.29. The van der Waals surface area contributed by atoms with Gasteiger partial charge < -0.3 is 4.74 Å². The van der Waals surface area contributed by atoms with Gasteiger partial charge in [-0.1, -0.05) is 46.9 Å². The molecule has 0 spiro atoms. The summed E-state index contributed by atoms with van der Waals surface area (Å²) >= 11 is 2.42. The van der Waals surface area contributed by atoms with E-state index in [4.69, 9.17) is 4.74 Å². The first kappa shape index (κ1) is 14.7. The lowest BCUT2D eigenvalue weighted by molar-refractivity contribution is 0.159. The number of rotatable bonds is 6. The second-order valence-electron chi connectivity index (χ2n) is 4.54. The van der Waals surface area contributed by atoms with Crippen LogP contribution in [0.15, 0.2) is 24.3 Å². The molecule has 0 radical (unpaired) electrons. The molecule has 1 rings (SSSR count). The Hall–Kier alpha value is -0.350. The van der Waals surface area contributed by atoms with E-state index >= 15 is 0 Å². The van der Waals surface area contributed by atoms with Gasteiger partial charge in [0.25, 0.3) is 0 Å². The predicted octanol–water partition coefficient (Wildman–Crippen LogP) is 4.37. The highest BCUT2D eigenvalue weighted by molar-refractivity contribution is 14.1. The number of hydrogen-bond acceptors (Lipinski definition) is 1. The Morgan fingerprint density at radius 1 is 1.35 bits per heavy atom. The van der Waals surface area contributed by atoms with Gasteiger partial charge in [0.2, 0.25) is 0 Å². The van der Waals surface area contributed by atoms with E-state index < -0.39 is 0 Å². The minimum atomic E-state index is 0.671. The van der Waals surface area contributed by atoms with Gasteiger partial charge in [-0.15, -0.1) is 0 Å². The van der Waals surface area contributed by atoms with Crippen LogP contribution in [0.3, 0.4) is 0 Å². The van der Waals surface area contributed by atoms with Gasteiger partial charge in [-0.05, 0) is 49.4 Å². The molecule has 1 aromatic rings. The molecule has 1 aromatic carbocycles. The standard InChI is InChI=1S/C15H21IO/c1-11(2)10-17-8-7-15-13(4)12(3)5-6-14(15)9-16/h5-6H,1,7-10H2,2-4H3. The number of halogens is 1. The van der Waals surface area contributed by atoms with Crippen LogP contribution < -0.4 is 0 Å². The largest absolute Gasteiger partial charge is 0.377 e. The second kappa shape index (κ2) is 7.17. The van der Waals surface area contributed by atoms with E-state index in [1.165, 1.54) is 22.3 Å². The van der Waals surface area contributed by atoms with Crippen LogP contribution in [0.1, 0.15) is 29.2 Å². The molecule has 0 bridgehead atoms. The molecule has 0 atom stereocenters. The highest BCUT2D eigenvalue weighted by atomic mass is 127. The lowest BCUT2D eigenvalue weighted by Crippen LogP contribution is -2.05. The molecular formula is C15H21IO. The lowest BCUT2D eigenvalue weighted by Gasteiger charge is -2.13. The molecule has 0 fully saturated rings. The zero-order valence-electron chi connectivity index (χ0n) is 11.0. The smallest absolute Gasteiger partial charge is 0.0671 e. The first-order chi connectivity index (χ1) is 8.06. The van der Waals surface area contributed by atoms with E-state index in [1.807, 2.05) is 6.92 Å². The van der Waals surface area contributed by atoms with Gasteiger partial charge in [0, 0.05) is 4.43 Å². The zero-order chi connectivity index (χ0) is 12.8. The van der Waals surface area contributed by atoms with Gasteiger partial charge in [-0.3, -0.25) is 0 Å². The average molecular weight is 344 g/mol. The first-order valence-corrected chi connectivity index (χ1v) is 7.45. The molecule has 0 aliphatic carbocycles.